The van der Waals surface area contributed by atoms with E-state index in [2.05, 4.69) is 57.8 Å². The molecule has 0 aliphatic rings. The predicted molar refractivity (Wildman–Crippen MR) is 129 cm³/mol. The second-order valence-corrected chi connectivity index (χ2v) is 9.12. The van der Waals surface area contributed by atoms with Crippen molar-refractivity contribution in [3.8, 4) is 17.2 Å². The molecule has 0 aliphatic heterocycles. The molecule has 0 fully saturated rings. The van der Waals surface area contributed by atoms with E-state index in [0.29, 0.717) is 37.1 Å². The van der Waals surface area contributed by atoms with Gasteiger partial charge in [0, 0.05) is 10.0 Å². The number of benzene rings is 3. The minimum atomic E-state index is -1.12. The van der Waals surface area contributed by atoms with Gasteiger partial charge >= 0.3 is 5.97 Å². The standard InChI is InChI=1S/C22H16Br3NO6/c23-14-3-1-13(2-4-14)21(30)16-9-15(5-6-19(16)27)32-22-17(24)7-12(8-18(22)25)10-26-31-11-20(28)29/h1-10,21,27,30H,11H2,(H,28,29)/b26-10-. The second-order valence-electron chi connectivity index (χ2n) is 6.49. The van der Waals surface area contributed by atoms with E-state index in [4.69, 9.17) is 9.84 Å². The molecule has 1 unspecified atom stereocenters. The van der Waals surface area contributed by atoms with Gasteiger partial charge in [-0.25, -0.2) is 4.79 Å². The highest BCUT2D eigenvalue weighted by Gasteiger charge is 2.17. The Morgan fingerprint density at radius 1 is 1.03 bits per heavy atom. The number of carboxylic acids is 1. The molecule has 0 aromatic heterocycles. The lowest BCUT2D eigenvalue weighted by Gasteiger charge is -2.16. The van der Waals surface area contributed by atoms with Gasteiger partial charge in [0.1, 0.15) is 17.6 Å². The number of hydrogen-bond acceptors (Lipinski definition) is 6. The first-order valence-corrected chi connectivity index (χ1v) is 11.4. The van der Waals surface area contributed by atoms with Crippen LogP contribution in [0.25, 0.3) is 0 Å². The van der Waals surface area contributed by atoms with Crippen LogP contribution in [-0.4, -0.2) is 34.1 Å². The number of aliphatic hydroxyl groups is 1. The van der Waals surface area contributed by atoms with Gasteiger partial charge in [-0.1, -0.05) is 33.2 Å². The van der Waals surface area contributed by atoms with E-state index < -0.39 is 18.7 Å². The summed E-state index contributed by atoms with van der Waals surface area (Å²) in [6.07, 6.45) is 0.332. The summed E-state index contributed by atoms with van der Waals surface area (Å²) in [4.78, 5) is 15.1. The number of phenolic OH excluding ortho intramolecular Hbond substituents is 1. The molecule has 0 spiro atoms. The lowest BCUT2D eigenvalue weighted by molar-refractivity contribution is -0.142. The molecular formula is C22H16Br3NO6. The third-order valence-corrected chi connectivity index (χ3v) is 5.89. The van der Waals surface area contributed by atoms with Crippen LogP contribution in [0.4, 0.5) is 0 Å². The topological polar surface area (TPSA) is 109 Å². The zero-order valence-corrected chi connectivity index (χ0v) is 21.0. The highest BCUT2D eigenvalue weighted by Crippen LogP contribution is 2.40. The number of aliphatic hydroxyl groups excluding tert-OH is 1. The van der Waals surface area contributed by atoms with Gasteiger partial charge in [0.2, 0.25) is 6.61 Å². The van der Waals surface area contributed by atoms with Crippen LogP contribution in [0.2, 0.25) is 0 Å². The Kier molecular flexibility index (Phi) is 8.30. The number of phenols is 1. The van der Waals surface area contributed by atoms with Crippen molar-refractivity contribution in [3.05, 3.63) is 84.7 Å². The van der Waals surface area contributed by atoms with Crippen molar-refractivity contribution in [2.24, 2.45) is 5.16 Å². The van der Waals surface area contributed by atoms with E-state index in [0.717, 1.165) is 4.47 Å². The summed E-state index contributed by atoms with van der Waals surface area (Å²) >= 11 is 10.2. The van der Waals surface area contributed by atoms with Crippen molar-refractivity contribution in [1.29, 1.82) is 0 Å². The Bertz CT molecular complexity index is 1130. The fraction of sp³-hybridized carbons (Fsp3) is 0.0909. The van der Waals surface area contributed by atoms with Crippen molar-refractivity contribution in [3.63, 3.8) is 0 Å². The van der Waals surface area contributed by atoms with Crippen LogP contribution in [0.5, 0.6) is 17.2 Å². The molecule has 3 rings (SSSR count). The SMILES string of the molecule is O=C(O)CO/N=C\c1cc(Br)c(Oc2ccc(O)c(C(O)c3ccc(Br)cc3)c2)c(Br)c1. The highest BCUT2D eigenvalue weighted by atomic mass is 79.9. The van der Waals surface area contributed by atoms with Crippen LogP contribution in [0.1, 0.15) is 22.8 Å². The number of ether oxygens (including phenoxy) is 1. The third kappa shape index (κ3) is 6.32. The average Bonchev–Trinajstić information content (AvgIpc) is 2.75. The summed E-state index contributed by atoms with van der Waals surface area (Å²) in [7, 11) is 0. The smallest absolute Gasteiger partial charge is 0.344 e. The molecule has 0 bridgehead atoms. The van der Waals surface area contributed by atoms with Crippen molar-refractivity contribution in [2.45, 2.75) is 6.10 Å². The molecule has 3 aromatic carbocycles. The van der Waals surface area contributed by atoms with Gasteiger partial charge in [-0.3, -0.25) is 0 Å². The van der Waals surface area contributed by atoms with E-state index in [1.807, 2.05) is 12.1 Å². The zero-order valence-electron chi connectivity index (χ0n) is 16.2. The Labute approximate surface area is 208 Å². The van der Waals surface area contributed by atoms with Gasteiger partial charge < -0.3 is 24.9 Å². The van der Waals surface area contributed by atoms with Crippen LogP contribution in [0.3, 0.4) is 0 Å². The summed E-state index contributed by atoms with van der Waals surface area (Å²) < 4.78 is 8.04. The molecule has 0 amide bonds. The number of halogens is 3. The number of carboxylic acid groups (broad SMARTS) is 1. The van der Waals surface area contributed by atoms with E-state index >= 15 is 0 Å². The number of nitrogens with zero attached hydrogens (tertiary/aromatic N) is 1. The summed E-state index contributed by atoms with van der Waals surface area (Å²) in [6.45, 7) is -0.532. The number of rotatable bonds is 8. The fourth-order valence-electron chi connectivity index (χ4n) is 2.70. The molecule has 0 radical (unpaired) electrons. The third-order valence-electron chi connectivity index (χ3n) is 4.18. The van der Waals surface area contributed by atoms with Crippen LogP contribution in [-0.2, 0) is 9.63 Å². The Balaban J connectivity index is 1.82. The molecule has 0 saturated carbocycles. The lowest BCUT2D eigenvalue weighted by atomic mass is 10.0. The first-order chi connectivity index (χ1) is 15.2. The molecule has 32 heavy (non-hydrogen) atoms. The van der Waals surface area contributed by atoms with E-state index in [1.54, 1.807) is 36.4 Å². The molecule has 0 heterocycles. The van der Waals surface area contributed by atoms with Crippen LogP contribution in [0.15, 0.2) is 73.2 Å². The summed E-state index contributed by atoms with van der Waals surface area (Å²) in [5, 5.41) is 33.2. The molecule has 3 aromatic rings. The van der Waals surface area contributed by atoms with Gasteiger partial charge in [0.05, 0.1) is 15.2 Å². The zero-order chi connectivity index (χ0) is 23.3. The molecule has 3 N–H and O–H groups in total. The highest BCUT2D eigenvalue weighted by molar-refractivity contribution is 9.11. The number of aromatic hydroxyl groups is 1. The van der Waals surface area contributed by atoms with Crippen LogP contribution in [0, 0.1) is 0 Å². The van der Waals surface area contributed by atoms with E-state index in [9.17, 15) is 15.0 Å². The predicted octanol–water partition coefficient (Wildman–Crippen LogP) is 5.99. The first-order valence-electron chi connectivity index (χ1n) is 9.05. The average molecular weight is 630 g/mol. The lowest BCUT2D eigenvalue weighted by Crippen LogP contribution is -2.03. The summed E-state index contributed by atoms with van der Waals surface area (Å²) in [5.41, 5.74) is 1.56. The largest absolute Gasteiger partial charge is 0.508 e. The second kappa shape index (κ2) is 11.0. The van der Waals surface area contributed by atoms with Crippen LogP contribution >= 0.6 is 47.8 Å². The van der Waals surface area contributed by atoms with Gasteiger partial charge in [-0.2, -0.15) is 0 Å². The van der Waals surface area contributed by atoms with Gasteiger partial charge in [0.15, 0.2) is 5.75 Å². The fourth-order valence-corrected chi connectivity index (χ4v) is 4.35. The van der Waals surface area contributed by atoms with Crippen molar-refractivity contribution >= 4 is 60.0 Å². The van der Waals surface area contributed by atoms with E-state index in [-0.39, 0.29) is 5.75 Å². The summed E-state index contributed by atoms with van der Waals surface area (Å²) in [6, 6.07) is 15.2. The minimum Gasteiger partial charge on any atom is -0.508 e. The van der Waals surface area contributed by atoms with Gasteiger partial charge in [0.25, 0.3) is 0 Å². The molecule has 10 heteroatoms. The van der Waals surface area contributed by atoms with Crippen LogP contribution < -0.4 is 4.74 Å². The molecule has 0 saturated heterocycles. The minimum absolute atomic E-state index is 0.0566. The maximum atomic E-state index is 10.7. The molecule has 7 nitrogen and oxygen atoms in total. The maximum absolute atomic E-state index is 10.7. The number of oxime groups is 1. The molecular weight excluding hydrogens is 614 g/mol. The number of aliphatic carboxylic acids is 1. The van der Waals surface area contributed by atoms with Crippen molar-refractivity contribution < 1.29 is 29.7 Å². The summed E-state index contributed by atoms with van der Waals surface area (Å²) in [5.74, 6) is -0.310. The number of carbonyl (C=O) groups is 1. The molecule has 166 valence electrons. The quantitative estimate of drug-likeness (QED) is 0.209. The van der Waals surface area contributed by atoms with Crippen molar-refractivity contribution in [2.75, 3.05) is 6.61 Å². The Hall–Kier alpha value is -2.40. The number of hydrogen-bond donors (Lipinski definition) is 3. The monoisotopic (exact) mass is 627 g/mol. The van der Waals surface area contributed by atoms with Gasteiger partial charge in [-0.15, -0.1) is 0 Å². The Morgan fingerprint density at radius 3 is 2.31 bits per heavy atom. The molecule has 1 atom stereocenters. The molecule has 0 aliphatic carbocycles. The van der Waals surface area contributed by atoms with Gasteiger partial charge in [-0.05, 0) is 85.5 Å². The Morgan fingerprint density at radius 2 is 1.69 bits per heavy atom. The van der Waals surface area contributed by atoms with E-state index in [1.165, 1.54) is 12.3 Å². The maximum Gasteiger partial charge on any atom is 0.344 e. The first kappa shape index (κ1) is 24.2. The normalized spacial score (nSPS) is 12.0. The van der Waals surface area contributed by atoms with Crippen molar-refractivity contribution in [1.82, 2.24) is 0 Å².